The second-order valence-corrected chi connectivity index (χ2v) is 6.03. The van der Waals surface area contributed by atoms with Crippen LogP contribution < -0.4 is 5.73 Å². The van der Waals surface area contributed by atoms with E-state index in [1.807, 2.05) is 11.4 Å². The molecule has 0 aliphatic heterocycles. The fourth-order valence-corrected chi connectivity index (χ4v) is 3.20. The molecule has 2 rings (SSSR count). The third kappa shape index (κ3) is 3.81. The van der Waals surface area contributed by atoms with Gasteiger partial charge in [-0.25, -0.2) is 0 Å². The molecule has 2 N–H and O–H groups in total. The summed E-state index contributed by atoms with van der Waals surface area (Å²) < 4.78 is 38.7. The van der Waals surface area contributed by atoms with Crippen LogP contribution in [0.15, 0.2) is 40.2 Å². The molecule has 0 aliphatic rings. The van der Waals surface area contributed by atoms with E-state index in [1.165, 1.54) is 17.4 Å². The summed E-state index contributed by atoms with van der Waals surface area (Å²) in [5.41, 5.74) is 5.96. The molecule has 1 aromatic heterocycles. The summed E-state index contributed by atoms with van der Waals surface area (Å²) in [6, 6.07) is 6.90. The number of thiophene rings is 1. The highest BCUT2D eigenvalue weighted by Gasteiger charge is 2.30. The first-order valence-electron chi connectivity index (χ1n) is 5.52. The Morgan fingerprint density at radius 1 is 1.26 bits per heavy atom. The van der Waals surface area contributed by atoms with E-state index in [1.54, 1.807) is 6.07 Å². The van der Waals surface area contributed by atoms with Gasteiger partial charge in [-0.3, -0.25) is 0 Å². The maximum absolute atomic E-state index is 12.6. The molecule has 1 unspecified atom stereocenters. The summed E-state index contributed by atoms with van der Waals surface area (Å²) in [5.74, 6) is 0. The molecule has 6 heteroatoms. The van der Waals surface area contributed by atoms with E-state index in [0.717, 1.165) is 21.5 Å². The zero-order valence-electron chi connectivity index (χ0n) is 9.75. The fraction of sp³-hybridized carbons (Fsp3) is 0.231. The highest BCUT2D eigenvalue weighted by Crippen LogP contribution is 2.31. The van der Waals surface area contributed by atoms with Crippen molar-refractivity contribution in [1.82, 2.24) is 0 Å². The lowest BCUT2D eigenvalue weighted by molar-refractivity contribution is -0.137. The summed E-state index contributed by atoms with van der Waals surface area (Å²) in [6.07, 6.45) is -3.93. The largest absolute Gasteiger partial charge is 0.416 e. The molecule has 0 spiro atoms. The second kappa shape index (κ2) is 5.64. The van der Waals surface area contributed by atoms with Gasteiger partial charge in [-0.1, -0.05) is 18.2 Å². The van der Waals surface area contributed by atoms with E-state index >= 15 is 0 Å². The van der Waals surface area contributed by atoms with Gasteiger partial charge in [0, 0.05) is 20.8 Å². The molecule has 0 saturated carbocycles. The Morgan fingerprint density at radius 2 is 2.00 bits per heavy atom. The molecule has 1 nitrogen and oxygen atoms in total. The van der Waals surface area contributed by atoms with Crippen LogP contribution in [0.4, 0.5) is 13.2 Å². The minimum Gasteiger partial charge on any atom is -0.323 e. The van der Waals surface area contributed by atoms with Crippen LogP contribution in [0.5, 0.6) is 0 Å². The smallest absolute Gasteiger partial charge is 0.323 e. The van der Waals surface area contributed by atoms with E-state index in [9.17, 15) is 13.2 Å². The highest BCUT2D eigenvalue weighted by atomic mass is 79.9. The number of hydrogen-bond acceptors (Lipinski definition) is 2. The van der Waals surface area contributed by atoms with Crippen molar-refractivity contribution in [2.45, 2.75) is 18.6 Å². The second-order valence-electron chi connectivity index (χ2n) is 4.18. The Bertz CT molecular complexity index is 565. The molecule has 0 fully saturated rings. The molecule has 0 radical (unpaired) electrons. The van der Waals surface area contributed by atoms with Crippen molar-refractivity contribution in [1.29, 1.82) is 0 Å². The third-order valence-electron chi connectivity index (χ3n) is 2.66. The molecule has 0 amide bonds. The Balaban J connectivity index is 2.15. The van der Waals surface area contributed by atoms with Crippen LogP contribution in [-0.4, -0.2) is 0 Å². The zero-order valence-corrected chi connectivity index (χ0v) is 12.1. The lowest BCUT2D eigenvalue weighted by atomic mass is 10.0. The van der Waals surface area contributed by atoms with Gasteiger partial charge in [0.05, 0.1) is 5.56 Å². The van der Waals surface area contributed by atoms with Crippen LogP contribution in [0.3, 0.4) is 0 Å². The van der Waals surface area contributed by atoms with Gasteiger partial charge < -0.3 is 5.73 Å². The lowest BCUT2D eigenvalue weighted by Crippen LogP contribution is -2.12. The number of hydrogen-bond donors (Lipinski definition) is 1. The van der Waals surface area contributed by atoms with E-state index in [-0.39, 0.29) is 6.04 Å². The van der Waals surface area contributed by atoms with Gasteiger partial charge in [-0.15, -0.1) is 11.3 Å². The number of rotatable bonds is 3. The molecule has 2 aromatic rings. The first-order valence-corrected chi connectivity index (χ1v) is 7.19. The number of halogens is 4. The topological polar surface area (TPSA) is 26.0 Å². The molecule has 102 valence electrons. The number of alkyl halides is 3. The fourth-order valence-electron chi connectivity index (χ4n) is 1.75. The van der Waals surface area contributed by atoms with Crippen molar-refractivity contribution in [3.05, 3.63) is 56.2 Å². The maximum Gasteiger partial charge on any atom is 0.416 e. The van der Waals surface area contributed by atoms with E-state index in [0.29, 0.717) is 12.0 Å². The van der Waals surface area contributed by atoms with Gasteiger partial charge in [-0.2, -0.15) is 13.2 Å². The van der Waals surface area contributed by atoms with E-state index < -0.39 is 11.7 Å². The summed E-state index contributed by atoms with van der Waals surface area (Å²) >= 11 is 4.82. The molecule has 19 heavy (non-hydrogen) atoms. The van der Waals surface area contributed by atoms with Crippen LogP contribution in [-0.2, 0) is 12.6 Å². The summed E-state index contributed by atoms with van der Waals surface area (Å²) in [7, 11) is 0. The standard InChI is InChI=1S/C13H11BrF3NS/c14-10-6-12(19-7-10)11(18)5-8-2-1-3-9(4-8)13(15,16)17/h1-4,6-7,11H,5,18H2. The van der Waals surface area contributed by atoms with Gasteiger partial charge in [0.2, 0.25) is 0 Å². The molecular weight excluding hydrogens is 339 g/mol. The Hall–Kier alpha value is -0.850. The van der Waals surface area contributed by atoms with Crippen LogP contribution in [0.25, 0.3) is 0 Å². The van der Waals surface area contributed by atoms with Crippen LogP contribution in [0.1, 0.15) is 22.0 Å². The van der Waals surface area contributed by atoms with Crippen molar-refractivity contribution in [2.24, 2.45) is 5.73 Å². The van der Waals surface area contributed by atoms with Gasteiger partial charge in [0.15, 0.2) is 0 Å². The Morgan fingerprint density at radius 3 is 2.58 bits per heavy atom. The van der Waals surface area contributed by atoms with E-state index in [4.69, 9.17) is 5.73 Å². The minimum atomic E-state index is -4.31. The third-order valence-corrected chi connectivity index (χ3v) is 4.49. The number of nitrogens with two attached hydrogens (primary N) is 1. The molecule has 1 atom stereocenters. The molecule has 1 heterocycles. The van der Waals surface area contributed by atoms with Crippen molar-refractivity contribution in [3.8, 4) is 0 Å². The van der Waals surface area contributed by atoms with Crippen molar-refractivity contribution in [2.75, 3.05) is 0 Å². The Kier molecular flexibility index (Phi) is 4.32. The average molecular weight is 350 g/mol. The summed E-state index contributed by atoms with van der Waals surface area (Å²) in [6.45, 7) is 0. The van der Waals surface area contributed by atoms with Gasteiger partial charge in [-0.05, 0) is 40.0 Å². The summed E-state index contributed by atoms with van der Waals surface area (Å²) in [4.78, 5) is 0.948. The van der Waals surface area contributed by atoms with E-state index in [2.05, 4.69) is 15.9 Å². The van der Waals surface area contributed by atoms with Crippen LogP contribution in [0, 0.1) is 0 Å². The number of benzene rings is 1. The summed E-state index contributed by atoms with van der Waals surface area (Å²) in [5, 5.41) is 1.90. The van der Waals surface area contributed by atoms with Crippen LogP contribution in [0.2, 0.25) is 0 Å². The molecule has 1 aromatic carbocycles. The van der Waals surface area contributed by atoms with Crippen molar-refractivity contribution >= 4 is 27.3 Å². The minimum absolute atomic E-state index is 0.292. The van der Waals surface area contributed by atoms with Gasteiger partial charge in [0.25, 0.3) is 0 Å². The predicted octanol–water partition coefficient (Wildman–Crippen LogP) is 4.77. The van der Waals surface area contributed by atoms with Crippen molar-refractivity contribution < 1.29 is 13.2 Å². The van der Waals surface area contributed by atoms with Gasteiger partial charge >= 0.3 is 6.18 Å². The molecule has 0 saturated heterocycles. The Labute approximate surface area is 121 Å². The SMILES string of the molecule is NC(Cc1cccc(C(F)(F)F)c1)c1cc(Br)cs1. The molecule has 0 bridgehead atoms. The average Bonchev–Trinajstić information content (AvgIpc) is 2.75. The highest BCUT2D eigenvalue weighted by molar-refractivity contribution is 9.10. The monoisotopic (exact) mass is 349 g/mol. The normalized spacial score (nSPS) is 13.5. The predicted molar refractivity (Wildman–Crippen MR) is 74.1 cm³/mol. The first-order chi connectivity index (χ1) is 8.86. The quantitative estimate of drug-likeness (QED) is 0.848. The zero-order chi connectivity index (χ0) is 14.0. The van der Waals surface area contributed by atoms with Crippen LogP contribution >= 0.6 is 27.3 Å². The van der Waals surface area contributed by atoms with Gasteiger partial charge in [0.1, 0.15) is 0 Å². The lowest BCUT2D eigenvalue weighted by Gasteiger charge is -2.12. The molecule has 0 aliphatic carbocycles. The molecular formula is C13H11BrF3NS. The van der Waals surface area contributed by atoms with Crippen molar-refractivity contribution in [3.63, 3.8) is 0 Å². The maximum atomic E-state index is 12.6. The first kappa shape index (κ1) is 14.6.